The number of anilines is 1. The van der Waals surface area contributed by atoms with Crippen LogP contribution in [0.3, 0.4) is 0 Å². The highest BCUT2D eigenvalue weighted by Crippen LogP contribution is 2.22. The molecule has 1 amide bonds. The molecule has 0 aliphatic carbocycles. The average molecular weight is 432 g/mol. The van der Waals surface area contributed by atoms with Gasteiger partial charge in [0.15, 0.2) is 6.61 Å². The number of nitrogens with zero attached hydrogens (tertiary/aromatic N) is 2. The maximum Gasteiger partial charge on any atom is 0.258 e. The molecule has 0 atom stereocenters. The summed E-state index contributed by atoms with van der Waals surface area (Å²) in [6.45, 7) is 2.95. The summed E-state index contributed by atoms with van der Waals surface area (Å²) in [4.78, 5) is 19.2. The number of aromatic nitrogens is 1. The summed E-state index contributed by atoms with van der Waals surface area (Å²) in [7, 11) is 0. The zero-order chi connectivity index (χ0) is 22.0. The van der Waals surface area contributed by atoms with Crippen LogP contribution in [-0.4, -0.2) is 30.6 Å². The molecule has 1 N–H and O–H groups in total. The summed E-state index contributed by atoms with van der Waals surface area (Å²) in [6, 6.07) is 21.2. The van der Waals surface area contributed by atoms with E-state index in [0.717, 1.165) is 35.8 Å². The van der Waals surface area contributed by atoms with E-state index in [9.17, 15) is 4.79 Å². The predicted octanol–water partition coefficient (Wildman–Crippen LogP) is 4.35. The van der Waals surface area contributed by atoms with E-state index in [2.05, 4.69) is 15.2 Å². The molecule has 1 saturated heterocycles. The standard InChI is InChI=1S/C26H29N3O3/c30-25(28-18-22-10-7-15-27-26(22)29-16-5-2-6-17-29)20-32-24-13-11-23(12-14-24)31-19-21-8-3-1-4-9-21/h1,3-4,7-15H,2,5-6,16-20H2,(H,28,30). The van der Waals surface area contributed by atoms with Crippen molar-refractivity contribution in [2.24, 2.45) is 0 Å². The van der Waals surface area contributed by atoms with E-state index in [4.69, 9.17) is 9.47 Å². The van der Waals surface area contributed by atoms with Crippen LogP contribution in [0.2, 0.25) is 0 Å². The van der Waals surface area contributed by atoms with E-state index in [1.807, 2.05) is 72.9 Å². The molecule has 3 aromatic rings. The van der Waals surface area contributed by atoms with Crippen molar-refractivity contribution in [2.45, 2.75) is 32.4 Å². The molecule has 2 heterocycles. The van der Waals surface area contributed by atoms with Crippen molar-refractivity contribution in [1.29, 1.82) is 0 Å². The van der Waals surface area contributed by atoms with Gasteiger partial charge in [-0.3, -0.25) is 4.79 Å². The third kappa shape index (κ3) is 6.23. The largest absolute Gasteiger partial charge is 0.489 e. The Hall–Kier alpha value is -3.54. The van der Waals surface area contributed by atoms with Crippen LogP contribution in [-0.2, 0) is 17.9 Å². The molecule has 0 spiro atoms. The van der Waals surface area contributed by atoms with Gasteiger partial charge in [-0.25, -0.2) is 4.98 Å². The molecule has 2 aromatic carbocycles. The Labute approximate surface area is 189 Å². The first kappa shape index (κ1) is 21.7. The van der Waals surface area contributed by atoms with Crippen molar-refractivity contribution in [3.05, 3.63) is 84.1 Å². The molecule has 1 aliphatic heterocycles. The summed E-state index contributed by atoms with van der Waals surface area (Å²) >= 11 is 0. The van der Waals surface area contributed by atoms with Crippen LogP contribution < -0.4 is 19.7 Å². The second kappa shape index (κ2) is 11.2. The van der Waals surface area contributed by atoms with Crippen LogP contribution in [0.25, 0.3) is 0 Å². The number of carbonyl (C=O) groups is 1. The Morgan fingerprint density at radius 3 is 2.34 bits per heavy atom. The van der Waals surface area contributed by atoms with Gasteiger partial charge in [0.1, 0.15) is 23.9 Å². The number of ether oxygens (including phenoxy) is 2. The number of carbonyl (C=O) groups excluding carboxylic acids is 1. The molecule has 0 bridgehead atoms. The van der Waals surface area contributed by atoms with Gasteiger partial charge in [0.05, 0.1) is 0 Å². The van der Waals surface area contributed by atoms with Gasteiger partial charge in [0.2, 0.25) is 0 Å². The number of rotatable bonds is 9. The lowest BCUT2D eigenvalue weighted by Crippen LogP contribution is -2.33. The fourth-order valence-electron chi connectivity index (χ4n) is 3.73. The van der Waals surface area contributed by atoms with Crippen LogP contribution >= 0.6 is 0 Å². The Bertz CT molecular complexity index is 987. The lowest BCUT2D eigenvalue weighted by atomic mass is 10.1. The monoisotopic (exact) mass is 431 g/mol. The van der Waals surface area contributed by atoms with Crippen molar-refractivity contribution in [1.82, 2.24) is 10.3 Å². The van der Waals surface area contributed by atoms with Crippen LogP contribution in [0.4, 0.5) is 5.82 Å². The first-order chi connectivity index (χ1) is 15.8. The van der Waals surface area contributed by atoms with Crippen LogP contribution in [0, 0.1) is 0 Å². The second-order valence-corrected chi connectivity index (χ2v) is 7.84. The minimum Gasteiger partial charge on any atom is -0.489 e. The van der Waals surface area contributed by atoms with E-state index < -0.39 is 0 Å². The molecular weight excluding hydrogens is 402 g/mol. The zero-order valence-corrected chi connectivity index (χ0v) is 18.2. The molecular formula is C26H29N3O3. The van der Waals surface area contributed by atoms with E-state index in [-0.39, 0.29) is 12.5 Å². The number of amides is 1. The minimum atomic E-state index is -0.164. The third-order valence-corrected chi connectivity index (χ3v) is 5.44. The van der Waals surface area contributed by atoms with Crippen LogP contribution in [0.1, 0.15) is 30.4 Å². The van der Waals surface area contributed by atoms with Crippen molar-refractivity contribution < 1.29 is 14.3 Å². The molecule has 4 rings (SSSR count). The van der Waals surface area contributed by atoms with Gasteiger partial charge < -0.3 is 19.7 Å². The first-order valence-electron chi connectivity index (χ1n) is 11.1. The Kier molecular flexibility index (Phi) is 7.58. The summed E-state index contributed by atoms with van der Waals surface area (Å²) in [5, 5.41) is 2.94. The molecule has 0 saturated carbocycles. The number of pyridine rings is 1. The van der Waals surface area contributed by atoms with E-state index in [1.165, 1.54) is 19.3 Å². The van der Waals surface area contributed by atoms with E-state index >= 15 is 0 Å². The van der Waals surface area contributed by atoms with Gasteiger partial charge in [-0.15, -0.1) is 0 Å². The lowest BCUT2D eigenvalue weighted by Gasteiger charge is -2.29. The Morgan fingerprint density at radius 1 is 0.875 bits per heavy atom. The summed E-state index contributed by atoms with van der Waals surface area (Å²) < 4.78 is 11.4. The molecule has 6 nitrogen and oxygen atoms in total. The SMILES string of the molecule is O=C(COc1ccc(OCc2ccccc2)cc1)NCc1cccnc1N1CCCCC1. The molecule has 0 radical (unpaired) electrons. The highest BCUT2D eigenvalue weighted by Gasteiger charge is 2.16. The van der Waals surface area contributed by atoms with Gasteiger partial charge in [-0.2, -0.15) is 0 Å². The van der Waals surface area contributed by atoms with Gasteiger partial charge >= 0.3 is 0 Å². The zero-order valence-electron chi connectivity index (χ0n) is 18.2. The van der Waals surface area contributed by atoms with Crippen molar-refractivity contribution in [2.75, 3.05) is 24.6 Å². The fourth-order valence-corrected chi connectivity index (χ4v) is 3.73. The van der Waals surface area contributed by atoms with Gasteiger partial charge in [-0.1, -0.05) is 36.4 Å². The first-order valence-corrected chi connectivity index (χ1v) is 11.1. The maximum absolute atomic E-state index is 12.3. The number of benzene rings is 2. The third-order valence-electron chi connectivity index (χ3n) is 5.44. The molecule has 166 valence electrons. The number of hydrogen-bond donors (Lipinski definition) is 1. The minimum absolute atomic E-state index is 0.0382. The normalized spacial score (nSPS) is 13.4. The number of nitrogens with one attached hydrogen (secondary N) is 1. The highest BCUT2D eigenvalue weighted by molar-refractivity contribution is 5.77. The predicted molar refractivity (Wildman–Crippen MR) is 125 cm³/mol. The number of hydrogen-bond acceptors (Lipinski definition) is 5. The van der Waals surface area contributed by atoms with E-state index in [1.54, 1.807) is 0 Å². The molecule has 1 aliphatic rings. The van der Waals surface area contributed by atoms with Crippen LogP contribution in [0.15, 0.2) is 72.9 Å². The summed E-state index contributed by atoms with van der Waals surface area (Å²) in [6.07, 6.45) is 5.46. The molecule has 1 fully saturated rings. The number of piperidine rings is 1. The van der Waals surface area contributed by atoms with Crippen molar-refractivity contribution in [3.8, 4) is 11.5 Å². The maximum atomic E-state index is 12.3. The van der Waals surface area contributed by atoms with Crippen LogP contribution in [0.5, 0.6) is 11.5 Å². The molecule has 1 aromatic heterocycles. The van der Waals surface area contributed by atoms with E-state index in [0.29, 0.717) is 18.9 Å². The van der Waals surface area contributed by atoms with Crippen molar-refractivity contribution >= 4 is 11.7 Å². The Morgan fingerprint density at radius 2 is 1.59 bits per heavy atom. The van der Waals surface area contributed by atoms with Gasteiger partial charge in [0, 0.05) is 31.4 Å². The summed E-state index contributed by atoms with van der Waals surface area (Å²) in [5.41, 5.74) is 2.14. The topological polar surface area (TPSA) is 63.7 Å². The lowest BCUT2D eigenvalue weighted by molar-refractivity contribution is -0.123. The van der Waals surface area contributed by atoms with Gasteiger partial charge in [0.25, 0.3) is 5.91 Å². The molecule has 6 heteroatoms. The fraction of sp³-hybridized carbons (Fsp3) is 0.308. The summed E-state index contributed by atoms with van der Waals surface area (Å²) in [5.74, 6) is 2.19. The second-order valence-electron chi connectivity index (χ2n) is 7.84. The van der Waals surface area contributed by atoms with Crippen molar-refractivity contribution in [3.63, 3.8) is 0 Å². The molecule has 0 unspecified atom stereocenters. The average Bonchev–Trinajstić information content (AvgIpc) is 2.87. The molecule has 32 heavy (non-hydrogen) atoms. The quantitative estimate of drug-likeness (QED) is 0.546. The highest BCUT2D eigenvalue weighted by atomic mass is 16.5. The smallest absolute Gasteiger partial charge is 0.258 e. The Balaban J connectivity index is 1.22. The van der Waals surface area contributed by atoms with Gasteiger partial charge in [-0.05, 0) is 55.2 Å².